The third kappa shape index (κ3) is 3.44. The van der Waals surface area contributed by atoms with Crippen molar-refractivity contribution in [3.05, 3.63) is 54.1 Å². The van der Waals surface area contributed by atoms with Gasteiger partial charge in [-0.1, -0.05) is 54.8 Å². The number of hydrogen-bond donors (Lipinski definition) is 1. The van der Waals surface area contributed by atoms with Gasteiger partial charge in [0.25, 0.3) is 0 Å². The van der Waals surface area contributed by atoms with Crippen LogP contribution in [0.3, 0.4) is 0 Å². The Hall–Kier alpha value is -3.00. The SMILES string of the molecule is Cc1ccc(S(=O)(=O)c2nnn3c2nc(N[C@@H]2CCCC[C@H]2C)c2ccccc23)cc1. The van der Waals surface area contributed by atoms with Crippen molar-refractivity contribution in [1.82, 2.24) is 19.8 Å². The Morgan fingerprint density at radius 1 is 1.03 bits per heavy atom. The van der Waals surface area contributed by atoms with Crippen molar-refractivity contribution in [3.63, 3.8) is 0 Å². The van der Waals surface area contributed by atoms with Gasteiger partial charge < -0.3 is 5.32 Å². The van der Waals surface area contributed by atoms with Gasteiger partial charge in [0.1, 0.15) is 5.82 Å². The molecule has 5 rings (SSSR count). The summed E-state index contributed by atoms with van der Waals surface area (Å²) in [6.45, 7) is 4.17. The molecule has 2 heterocycles. The number of para-hydroxylation sites is 1. The number of nitrogens with one attached hydrogen (secondary N) is 1. The monoisotopic (exact) mass is 435 g/mol. The van der Waals surface area contributed by atoms with Crippen LogP contribution in [-0.2, 0) is 9.84 Å². The summed E-state index contributed by atoms with van der Waals surface area (Å²) >= 11 is 0. The average Bonchev–Trinajstić information content (AvgIpc) is 3.21. The zero-order chi connectivity index (χ0) is 21.6. The fourth-order valence-corrected chi connectivity index (χ4v) is 5.60. The molecule has 0 bridgehead atoms. The predicted octanol–water partition coefficient (Wildman–Crippen LogP) is 4.41. The first-order valence-corrected chi connectivity index (χ1v) is 12.2. The molecule has 7 nitrogen and oxygen atoms in total. The molecule has 2 atom stereocenters. The highest BCUT2D eigenvalue weighted by Gasteiger charge is 2.28. The van der Waals surface area contributed by atoms with E-state index in [0.29, 0.717) is 17.8 Å². The second-order valence-corrected chi connectivity index (χ2v) is 10.3. The Labute approximate surface area is 181 Å². The summed E-state index contributed by atoms with van der Waals surface area (Å²) in [4.78, 5) is 4.93. The van der Waals surface area contributed by atoms with E-state index in [1.54, 1.807) is 24.3 Å². The number of aromatic nitrogens is 4. The molecule has 31 heavy (non-hydrogen) atoms. The number of benzene rings is 2. The molecule has 1 fully saturated rings. The molecule has 8 heteroatoms. The third-order valence-corrected chi connectivity index (χ3v) is 7.91. The van der Waals surface area contributed by atoms with Crippen molar-refractivity contribution < 1.29 is 8.42 Å². The normalized spacial score (nSPS) is 19.7. The molecule has 0 radical (unpaired) electrons. The first kappa shape index (κ1) is 19.9. The molecule has 2 aromatic heterocycles. The number of nitrogens with zero attached hydrogens (tertiary/aromatic N) is 4. The Morgan fingerprint density at radius 3 is 2.55 bits per heavy atom. The maximum Gasteiger partial charge on any atom is 0.229 e. The van der Waals surface area contributed by atoms with Gasteiger partial charge in [0.2, 0.25) is 14.9 Å². The minimum Gasteiger partial charge on any atom is -0.366 e. The van der Waals surface area contributed by atoms with Crippen molar-refractivity contribution in [2.75, 3.05) is 5.32 Å². The fourth-order valence-electron chi connectivity index (χ4n) is 4.36. The van der Waals surface area contributed by atoms with Crippen LogP contribution in [0, 0.1) is 12.8 Å². The summed E-state index contributed by atoms with van der Waals surface area (Å²) in [6, 6.07) is 14.8. The van der Waals surface area contributed by atoms with Crippen LogP contribution >= 0.6 is 0 Å². The molecule has 0 unspecified atom stereocenters. The molecular weight excluding hydrogens is 410 g/mol. The second-order valence-electron chi connectivity index (χ2n) is 8.44. The van der Waals surface area contributed by atoms with Gasteiger partial charge in [-0.05, 0) is 49.9 Å². The molecule has 1 aliphatic rings. The summed E-state index contributed by atoms with van der Waals surface area (Å²) in [5.74, 6) is 1.22. The maximum atomic E-state index is 13.3. The van der Waals surface area contributed by atoms with Gasteiger partial charge in [-0.25, -0.2) is 13.4 Å². The van der Waals surface area contributed by atoms with Crippen LogP contribution in [0.4, 0.5) is 5.82 Å². The van der Waals surface area contributed by atoms with E-state index in [4.69, 9.17) is 4.98 Å². The van der Waals surface area contributed by atoms with Gasteiger partial charge in [0.15, 0.2) is 5.65 Å². The van der Waals surface area contributed by atoms with Crippen LogP contribution < -0.4 is 5.32 Å². The van der Waals surface area contributed by atoms with E-state index < -0.39 is 9.84 Å². The molecule has 0 amide bonds. The van der Waals surface area contributed by atoms with Gasteiger partial charge in [0.05, 0.1) is 10.4 Å². The van der Waals surface area contributed by atoms with Crippen LogP contribution in [0.1, 0.15) is 38.2 Å². The highest BCUT2D eigenvalue weighted by Crippen LogP contribution is 2.31. The average molecular weight is 436 g/mol. The van der Waals surface area contributed by atoms with Gasteiger partial charge in [0, 0.05) is 11.4 Å². The van der Waals surface area contributed by atoms with Crippen LogP contribution in [0.15, 0.2) is 58.5 Å². The molecule has 1 aliphatic carbocycles. The zero-order valence-electron chi connectivity index (χ0n) is 17.6. The summed E-state index contributed by atoms with van der Waals surface area (Å²) in [7, 11) is -3.85. The van der Waals surface area contributed by atoms with E-state index in [2.05, 4.69) is 22.6 Å². The molecule has 0 spiro atoms. The Bertz CT molecular complexity index is 1360. The van der Waals surface area contributed by atoms with Crippen LogP contribution in [-0.4, -0.2) is 34.3 Å². The lowest BCUT2D eigenvalue weighted by molar-refractivity contribution is 0.349. The number of aryl methyl sites for hydroxylation is 1. The zero-order valence-corrected chi connectivity index (χ0v) is 18.4. The Kier molecular flexibility index (Phi) is 4.89. The first-order chi connectivity index (χ1) is 14.9. The lowest BCUT2D eigenvalue weighted by Crippen LogP contribution is -2.30. The van der Waals surface area contributed by atoms with E-state index in [0.717, 1.165) is 22.9 Å². The van der Waals surface area contributed by atoms with Crippen LogP contribution in [0.2, 0.25) is 0 Å². The highest BCUT2D eigenvalue weighted by atomic mass is 32.2. The van der Waals surface area contributed by atoms with Crippen molar-refractivity contribution in [2.45, 2.75) is 55.5 Å². The van der Waals surface area contributed by atoms with E-state index >= 15 is 0 Å². The van der Waals surface area contributed by atoms with Gasteiger partial charge >= 0.3 is 0 Å². The minimum atomic E-state index is -3.85. The molecule has 1 saturated carbocycles. The molecule has 4 aromatic rings. The lowest BCUT2D eigenvalue weighted by atomic mass is 9.86. The highest BCUT2D eigenvalue weighted by molar-refractivity contribution is 7.91. The van der Waals surface area contributed by atoms with Gasteiger partial charge in [-0.15, -0.1) is 5.10 Å². The molecule has 2 aromatic carbocycles. The minimum absolute atomic E-state index is 0.123. The molecule has 0 saturated heterocycles. The fraction of sp³-hybridized carbons (Fsp3) is 0.348. The van der Waals surface area contributed by atoms with Crippen molar-refractivity contribution in [1.29, 1.82) is 0 Å². The van der Waals surface area contributed by atoms with Crippen molar-refractivity contribution >= 4 is 32.2 Å². The summed E-state index contributed by atoms with van der Waals surface area (Å²) in [6.07, 6.45) is 4.69. The molecule has 0 aliphatic heterocycles. The largest absolute Gasteiger partial charge is 0.366 e. The topological polar surface area (TPSA) is 89.2 Å². The smallest absolute Gasteiger partial charge is 0.229 e. The maximum absolute atomic E-state index is 13.3. The molecular formula is C23H25N5O2S. The van der Waals surface area contributed by atoms with E-state index in [1.807, 2.05) is 31.2 Å². The third-order valence-electron chi connectivity index (χ3n) is 6.24. The van der Waals surface area contributed by atoms with Gasteiger partial charge in [-0.3, -0.25) is 0 Å². The van der Waals surface area contributed by atoms with E-state index in [1.165, 1.54) is 23.8 Å². The number of rotatable bonds is 4. The quantitative estimate of drug-likeness (QED) is 0.511. The predicted molar refractivity (Wildman–Crippen MR) is 120 cm³/mol. The van der Waals surface area contributed by atoms with Crippen LogP contribution in [0.25, 0.3) is 16.6 Å². The first-order valence-electron chi connectivity index (χ1n) is 10.7. The van der Waals surface area contributed by atoms with E-state index in [-0.39, 0.29) is 15.6 Å². The van der Waals surface area contributed by atoms with Crippen molar-refractivity contribution in [3.8, 4) is 0 Å². The second kappa shape index (κ2) is 7.60. The Morgan fingerprint density at radius 2 is 1.77 bits per heavy atom. The summed E-state index contributed by atoms with van der Waals surface area (Å²) in [5, 5.41) is 12.6. The summed E-state index contributed by atoms with van der Waals surface area (Å²) in [5.41, 5.74) is 2.01. The van der Waals surface area contributed by atoms with Gasteiger partial charge in [-0.2, -0.15) is 4.52 Å². The number of sulfone groups is 1. The number of anilines is 1. The Balaban J connectivity index is 1.68. The van der Waals surface area contributed by atoms with Crippen molar-refractivity contribution in [2.24, 2.45) is 5.92 Å². The molecule has 1 N–H and O–H groups in total. The molecule has 160 valence electrons. The van der Waals surface area contributed by atoms with E-state index in [9.17, 15) is 8.42 Å². The standard InChI is InChI=1S/C23H25N5O2S/c1-15-11-13-17(14-12-15)31(29,30)23-22-25-21(24-19-9-5-3-7-16(19)2)18-8-4-6-10-20(18)28(22)27-26-23/h4,6,8,10-14,16,19H,3,5,7,9H2,1-2H3,(H,24,25)/t16-,19-/m1/s1. The number of fused-ring (bicyclic) bond motifs is 3. The summed E-state index contributed by atoms with van der Waals surface area (Å²) < 4.78 is 28.2. The van der Waals surface area contributed by atoms with Crippen LogP contribution in [0.5, 0.6) is 0 Å². The lowest BCUT2D eigenvalue weighted by Gasteiger charge is -2.30. The number of hydrogen-bond acceptors (Lipinski definition) is 6.